The summed E-state index contributed by atoms with van der Waals surface area (Å²) in [6.45, 7) is 5.26. The summed E-state index contributed by atoms with van der Waals surface area (Å²) < 4.78 is 10.2. The van der Waals surface area contributed by atoms with E-state index in [9.17, 15) is 20.1 Å². The number of methoxy groups -OCH3 is 1. The lowest BCUT2D eigenvalue weighted by Crippen LogP contribution is -2.34. The van der Waals surface area contributed by atoms with Crippen molar-refractivity contribution in [3.63, 3.8) is 0 Å². The summed E-state index contributed by atoms with van der Waals surface area (Å²) in [5.41, 5.74) is 0.469. The van der Waals surface area contributed by atoms with Crippen LogP contribution in [0.15, 0.2) is 18.2 Å². The number of hydrogen-bond acceptors (Lipinski definition) is 6. The second-order valence-electron chi connectivity index (χ2n) is 6.46. The van der Waals surface area contributed by atoms with Gasteiger partial charge in [-0.25, -0.2) is 4.79 Å². The standard InChI is InChI=1S/C17H27NO6/c1-17(2,3)24-16(22)18-8-7-13(20)15(21)11-5-6-12(10-19)14(9-11)23-4/h5-6,9,13,15,19-21H,7-8,10H2,1-4H3,(H,18,22). The molecule has 0 bridgehead atoms. The molecule has 0 aromatic heterocycles. The van der Waals surface area contributed by atoms with Crippen LogP contribution in [0, 0.1) is 0 Å². The van der Waals surface area contributed by atoms with Crippen LogP contribution in [-0.2, 0) is 11.3 Å². The van der Waals surface area contributed by atoms with Crippen LogP contribution in [0.25, 0.3) is 0 Å². The Hall–Kier alpha value is -1.83. The Kier molecular flexibility index (Phi) is 7.47. The minimum Gasteiger partial charge on any atom is -0.496 e. The van der Waals surface area contributed by atoms with Crippen LogP contribution in [0.3, 0.4) is 0 Å². The molecule has 1 amide bonds. The van der Waals surface area contributed by atoms with E-state index in [2.05, 4.69) is 5.32 Å². The first-order chi connectivity index (χ1) is 11.2. The maximum atomic E-state index is 11.5. The van der Waals surface area contributed by atoms with Crippen LogP contribution < -0.4 is 10.1 Å². The van der Waals surface area contributed by atoms with Crippen LogP contribution >= 0.6 is 0 Å². The molecule has 0 aliphatic rings. The highest BCUT2D eigenvalue weighted by molar-refractivity contribution is 5.67. The fraction of sp³-hybridized carbons (Fsp3) is 0.588. The van der Waals surface area contributed by atoms with Crippen LogP contribution in [0.4, 0.5) is 4.79 Å². The van der Waals surface area contributed by atoms with Gasteiger partial charge in [0, 0.05) is 12.1 Å². The molecule has 0 saturated carbocycles. The van der Waals surface area contributed by atoms with Gasteiger partial charge in [-0.05, 0) is 38.8 Å². The van der Waals surface area contributed by atoms with Gasteiger partial charge in [0.15, 0.2) is 0 Å². The molecule has 0 aliphatic heterocycles. The topological polar surface area (TPSA) is 108 Å². The van der Waals surface area contributed by atoms with Crippen molar-refractivity contribution in [2.75, 3.05) is 13.7 Å². The average molecular weight is 341 g/mol. The van der Waals surface area contributed by atoms with Crippen LogP contribution in [0.5, 0.6) is 5.75 Å². The molecule has 0 spiro atoms. The first kappa shape index (κ1) is 20.2. The van der Waals surface area contributed by atoms with Gasteiger partial charge in [-0.3, -0.25) is 0 Å². The predicted molar refractivity (Wildman–Crippen MR) is 88.7 cm³/mol. The third-order valence-corrected chi connectivity index (χ3v) is 3.30. The van der Waals surface area contributed by atoms with Gasteiger partial charge < -0.3 is 30.1 Å². The van der Waals surface area contributed by atoms with Crippen molar-refractivity contribution < 1.29 is 29.6 Å². The summed E-state index contributed by atoms with van der Waals surface area (Å²) in [5.74, 6) is 0.438. The van der Waals surface area contributed by atoms with Crippen molar-refractivity contribution in [1.29, 1.82) is 0 Å². The van der Waals surface area contributed by atoms with Crippen molar-refractivity contribution in [2.45, 2.75) is 51.6 Å². The van der Waals surface area contributed by atoms with Crippen molar-refractivity contribution in [3.05, 3.63) is 29.3 Å². The van der Waals surface area contributed by atoms with Gasteiger partial charge in [0.05, 0.1) is 19.8 Å². The van der Waals surface area contributed by atoms with E-state index in [1.54, 1.807) is 39.0 Å². The number of amides is 1. The second-order valence-corrected chi connectivity index (χ2v) is 6.46. The maximum Gasteiger partial charge on any atom is 0.407 e. The van der Waals surface area contributed by atoms with Gasteiger partial charge in [-0.2, -0.15) is 0 Å². The monoisotopic (exact) mass is 341 g/mol. The van der Waals surface area contributed by atoms with Gasteiger partial charge in [-0.15, -0.1) is 0 Å². The molecular formula is C17H27NO6. The van der Waals surface area contributed by atoms with Crippen LogP contribution in [0.2, 0.25) is 0 Å². The highest BCUT2D eigenvalue weighted by Crippen LogP contribution is 2.26. The van der Waals surface area contributed by atoms with E-state index in [4.69, 9.17) is 9.47 Å². The van der Waals surface area contributed by atoms with Crippen molar-refractivity contribution in [3.8, 4) is 5.75 Å². The highest BCUT2D eigenvalue weighted by Gasteiger charge is 2.21. The number of ether oxygens (including phenoxy) is 2. The van der Waals surface area contributed by atoms with Gasteiger partial charge in [0.1, 0.15) is 17.5 Å². The lowest BCUT2D eigenvalue weighted by molar-refractivity contribution is 0.0122. The molecule has 1 rings (SSSR count). The van der Waals surface area contributed by atoms with Crippen molar-refractivity contribution in [1.82, 2.24) is 5.32 Å². The molecule has 1 aromatic carbocycles. The van der Waals surface area contributed by atoms with Gasteiger partial charge in [0.2, 0.25) is 0 Å². The summed E-state index contributed by atoms with van der Waals surface area (Å²) in [6.07, 6.45) is -2.61. The number of hydrogen-bond donors (Lipinski definition) is 4. The number of nitrogens with one attached hydrogen (secondary N) is 1. The Labute approximate surface area is 142 Å². The Bertz CT molecular complexity index is 540. The zero-order chi connectivity index (χ0) is 18.3. The molecular weight excluding hydrogens is 314 g/mol. The van der Waals surface area contributed by atoms with E-state index in [1.807, 2.05) is 0 Å². The Balaban J connectivity index is 2.56. The molecule has 2 atom stereocenters. The zero-order valence-corrected chi connectivity index (χ0v) is 14.6. The van der Waals surface area contributed by atoms with E-state index in [1.165, 1.54) is 7.11 Å². The number of rotatable bonds is 7. The van der Waals surface area contributed by atoms with Crippen molar-refractivity contribution in [2.24, 2.45) is 0 Å². The average Bonchev–Trinajstić information content (AvgIpc) is 2.51. The molecule has 0 fully saturated rings. The van der Waals surface area contributed by atoms with E-state index in [0.717, 1.165) is 0 Å². The fourth-order valence-electron chi connectivity index (χ4n) is 2.09. The van der Waals surface area contributed by atoms with Crippen LogP contribution in [0.1, 0.15) is 44.4 Å². The number of carbonyl (C=O) groups is 1. The number of alkyl carbamates (subject to hydrolysis) is 1. The minimum absolute atomic E-state index is 0.157. The number of aliphatic hydroxyl groups excluding tert-OH is 3. The highest BCUT2D eigenvalue weighted by atomic mass is 16.6. The van der Waals surface area contributed by atoms with E-state index in [0.29, 0.717) is 16.9 Å². The fourth-order valence-corrected chi connectivity index (χ4v) is 2.09. The maximum absolute atomic E-state index is 11.5. The molecule has 24 heavy (non-hydrogen) atoms. The second kappa shape index (κ2) is 8.86. The van der Waals surface area contributed by atoms with Crippen molar-refractivity contribution >= 4 is 6.09 Å². The number of aliphatic hydroxyl groups is 3. The Morgan fingerprint density at radius 1 is 1.29 bits per heavy atom. The lowest BCUT2D eigenvalue weighted by atomic mass is 10.00. The first-order valence-electron chi connectivity index (χ1n) is 7.78. The predicted octanol–water partition coefficient (Wildman–Crippen LogP) is 1.50. The summed E-state index contributed by atoms with van der Waals surface area (Å²) >= 11 is 0. The quantitative estimate of drug-likeness (QED) is 0.598. The molecule has 0 heterocycles. The molecule has 0 radical (unpaired) electrons. The van der Waals surface area contributed by atoms with Crippen LogP contribution in [-0.4, -0.2) is 46.8 Å². The molecule has 7 heteroatoms. The third kappa shape index (κ3) is 6.35. The molecule has 0 saturated heterocycles. The number of carbonyl (C=O) groups excluding carboxylic acids is 1. The molecule has 1 aromatic rings. The third-order valence-electron chi connectivity index (χ3n) is 3.30. The van der Waals surface area contributed by atoms with E-state index < -0.39 is 23.9 Å². The van der Waals surface area contributed by atoms with Gasteiger partial charge in [-0.1, -0.05) is 12.1 Å². The van der Waals surface area contributed by atoms with E-state index in [-0.39, 0.29) is 19.6 Å². The molecule has 2 unspecified atom stereocenters. The summed E-state index contributed by atoms with van der Waals surface area (Å²) in [4.78, 5) is 11.5. The lowest BCUT2D eigenvalue weighted by Gasteiger charge is -2.21. The normalized spacial score (nSPS) is 14.0. The smallest absolute Gasteiger partial charge is 0.407 e. The first-order valence-corrected chi connectivity index (χ1v) is 7.78. The van der Waals surface area contributed by atoms with E-state index >= 15 is 0 Å². The Morgan fingerprint density at radius 2 is 1.96 bits per heavy atom. The molecule has 136 valence electrons. The summed E-state index contributed by atoms with van der Waals surface area (Å²) in [7, 11) is 1.46. The van der Waals surface area contributed by atoms with Gasteiger partial charge in [0.25, 0.3) is 0 Å². The van der Waals surface area contributed by atoms with Gasteiger partial charge >= 0.3 is 6.09 Å². The number of benzene rings is 1. The molecule has 4 N–H and O–H groups in total. The Morgan fingerprint density at radius 3 is 2.50 bits per heavy atom. The summed E-state index contributed by atoms with van der Waals surface area (Å²) in [6, 6.07) is 4.81. The molecule has 7 nitrogen and oxygen atoms in total. The SMILES string of the molecule is COc1cc(C(O)C(O)CCNC(=O)OC(C)(C)C)ccc1CO. The zero-order valence-electron chi connectivity index (χ0n) is 14.6. The summed E-state index contributed by atoms with van der Waals surface area (Å²) in [5, 5.41) is 32.0. The largest absolute Gasteiger partial charge is 0.496 e. The molecule has 0 aliphatic carbocycles. The minimum atomic E-state index is -1.13.